The molecule has 0 bridgehead atoms. The van der Waals surface area contributed by atoms with Crippen LogP contribution in [0.15, 0.2) is 72.8 Å². The van der Waals surface area contributed by atoms with Crippen LogP contribution < -0.4 is 0 Å². The van der Waals surface area contributed by atoms with E-state index in [0.717, 1.165) is 12.0 Å². The molecule has 0 fully saturated rings. The Hall–Kier alpha value is -2.41. The molecule has 0 amide bonds. The van der Waals surface area contributed by atoms with E-state index >= 15 is 0 Å². The fraction of sp³-hybridized carbons (Fsp3) is 0.190. The molecule has 0 aromatic heterocycles. The third-order valence-corrected chi connectivity index (χ3v) is 4.27. The Morgan fingerprint density at radius 1 is 0.864 bits per heavy atom. The van der Waals surface area contributed by atoms with Gasteiger partial charge in [0.2, 0.25) is 0 Å². The first-order valence-corrected chi connectivity index (χ1v) is 7.85. The molecule has 1 atom stereocenters. The van der Waals surface area contributed by atoms with E-state index in [0.29, 0.717) is 6.42 Å². The lowest BCUT2D eigenvalue weighted by Gasteiger charge is -2.15. The third-order valence-electron chi connectivity index (χ3n) is 4.27. The minimum absolute atomic E-state index is 0.223. The van der Waals surface area contributed by atoms with Crippen molar-refractivity contribution in [3.8, 4) is 0 Å². The predicted molar refractivity (Wildman–Crippen MR) is 92.4 cm³/mol. The summed E-state index contributed by atoms with van der Waals surface area (Å²) < 4.78 is 0. The summed E-state index contributed by atoms with van der Waals surface area (Å²) in [6, 6.07) is 24.5. The van der Waals surface area contributed by atoms with Crippen LogP contribution in [0.5, 0.6) is 0 Å². The fourth-order valence-electron chi connectivity index (χ4n) is 2.93. The molecule has 0 heterocycles. The summed E-state index contributed by atoms with van der Waals surface area (Å²) in [6.45, 7) is 2.15. The lowest BCUT2D eigenvalue weighted by molar-refractivity contribution is 0.0973. The number of hydrogen-bond donors (Lipinski definition) is 0. The molecule has 1 unspecified atom stereocenters. The third kappa shape index (κ3) is 3.09. The highest BCUT2D eigenvalue weighted by atomic mass is 16.1. The molecule has 0 N–H and O–H groups in total. The first kappa shape index (κ1) is 14.5. The van der Waals surface area contributed by atoms with Crippen molar-refractivity contribution >= 4 is 16.6 Å². The molecular formula is C21H20O. The van der Waals surface area contributed by atoms with Crippen molar-refractivity contribution in [3.05, 3.63) is 83.9 Å². The molecule has 0 spiro atoms. The maximum atomic E-state index is 12.5. The summed E-state index contributed by atoms with van der Waals surface area (Å²) >= 11 is 0. The van der Waals surface area contributed by atoms with Crippen molar-refractivity contribution < 1.29 is 4.79 Å². The fourth-order valence-corrected chi connectivity index (χ4v) is 2.93. The number of fused-ring (bicyclic) bond motifs is 1. The van der Waals surface area contributed by atoms with Crippen LogP contribution >= 0.6 is 0 Å². The second kappa shape index (κ2) is 6.57. The van der Waals surface area contributed by atoms with Gasteiger partial charge in [0.25, 0.3) is 0 Å². The zero-order valence-corrected chi connectivity index (χ0v) is 12.8. The summed E-state index contributed by atoms with van der Waals surface area (Å²) in [5, 5.41) is 2.49. The molecule has 3 aromatic carbocycles. The predicted octanol–water partition coefficient (Wildman–Crippen LogP) is 5.61. The Balaban J connectivity index is 1.85. The number of hydrogen-bond acceptors (Lipinski definition) is 1. The normalized spacial score (nSPS) is 12.2. The van der Waals surface area contributed by atoms with Crippen LogP contribution in [0.2, 0.25) is 0 Å². The average molecular weight is 288 g/mol. The van der Waals surface area contributed by atoms with Crippen molar-refractivity contribution in [1.82, 2.24) is 0 Å². The van der Waals surface area contributed by atoms with Crippen LogP contribution in [0.4, 0.5) is 0 Å². The molecular weight excluding hydrogens is 268 g/mol. The molecule has 3 rings (SSSR count). The van der Waals surface area contributed by atoms with E-state index in [-0.39, 0.29) is 11.7 Å². The van der Waals surface area contributed by atoms with E-state index in [1.54, 1.807) is 0 Å². The van der Waals surface area contributed by atoms with Gasteiger partial charge in [-0.05, 0) is 28.7 Å². The van der Waals surface area contributed by atoms with Gasteiger partial charge in [0.15, 0.2) is 5.78 Å². The molecule has 3 aromatic rings. The number of rotatable bonds is 5. The van der Waals surface area contributed by atoms with E-state index < -0.39 is 0 Å². The highest BCUT2D eigenvalue weighted by molar-refractivity contribution is 5.96. The van der Waals surface area contributed by atoms with Gasteiger partial charge in [0.1, 0.15) is 0 Å². The molecule has 0 aliphatic heterocycles. The number of ketones is 1. The summed E-state index contributed by atoms with van der Waals surface area (Å²) in [5.74, 6) is 0.498. The first-order valence-electron chi connectivity index (χ1n) is 7.85. The monoisotopic (exact) mass is 288 g/mol. The lowest BCUT2D eigenvalue weighted by atomic mass is 9.88. The molecule has 0 aliphatic rings. The van der Waals surface area contributed by atoms with Crippen LogP contribution in [0.25, 0.3) is 10.8 Å². The van der Waals surface area contributed by atoms with Crippen molar-refractivity contribution in [2.24, 2.45) is 0 Å². The Morgan fingerprint density at radius 2 is 1.55 bits per heavy atom. The number of benzene rings is 3. The first-order chi connectivity index (χ1) is 10.8. The summed E-state index contributed by atoms with van der Waals surface area (Å²) in [5.41, 5.74) is 2.06. The standard InChI is InChI=1S/C21H20O/c1-2-16(15-21(22)18-9-4-3-5-10-18)20-13-12-17-8-6-7-11-19(17)14-20/h3-14,16H,2,15H2,1H3. The van der Waals surface area contributed by atoms with Gasteiger partial charge >= 0.3 is 0 Å². The Bertz CT molecular complexity index is 774. The summed E-state index contributed by atoms with van der Waals surface area (Å²) in [7, 11) is 0. The molecule has 110 valence electrons. The highest BCUT2D eigenvalue weighted by Gasteiger charge is 2.15. The zero-order valence-electron chi connectivity index (χ0n) is 12.8. The van der Waals surface area contributed by atoms with Crippen LogP contribution in [0.1, 0.15) is 41.6 Å². The topological polar surface area (TPSA) is 17.1 Å². The van der Waals surface area contributed by atoms with Crippen molar-refractivity contribution in [1.29, 1.82) is 0 Å². The molecule has 1 nitrogen and oxygen atoms in total. The van der Waals surface area contributed by atoms with E-state index in [9.17, 15) is 4.79 Å². The lowest BCUT2D eigenvalue weighted by Crippen LogP contribution is -2.07. The molecule has 0 saturated heterocycles. The number of carbonyl (C=O) groups is 1. The minimum Gasteiger partial charge on any atom is -0.294 e. The van der Waals surface area contributed by atoms with Gasteiger partial charge in [-0.15, -0.1) is 0 Å². The number of carbonyl (C=O) groups excluding carboxylic acids is 1. The van der Waals surface area contributed by atoms with E-state index in [1.165, 1.54) is 16.3 Å². The smallest absolute Gasteiger partial charge is 0.163 e. The molecule has 22 heavy (non-hydrogen) atoms. The summed E-state index contributed by atoms with van der Waals surface area (Å²) in [4.78, 5) is 12.5. The second-order valence-electron chi connectivity index (χ2n) is 5.71. The van der Waals surface area contributed by atoms with E-state index in [2.05, 4.69) is 49.4 Å². The van der Waals surface area contributed by atoms with Gasteiger partial charge in [0, 0.05) is 12.0 Å². The van der Waals surface area contributed by atoms with Gasteiger partial charge < -0.3 is 0 Å². The van der Waals surface area contributed by atoms with Crippen molar-refractivity contribution in [2.75, 3.05) is 0 Å². The maximum Gasteiger partial charge on any atom is 0.163 e. The van der Waals surface area contributed by atoms with Crippen molar-refractivity contribution in [2.45, 2.75) is 25.7 Å². The molecule has 1 heteroatoms. The number of Topliss-reactive ketones (excluding diaryl/α,β-unsaturated/α-hetero) is 1. The van der Waals surface area contributed by atoms with Crippen LogP contribution in [-0.2, 0) is 0 Å². The zero-order chi connectivity index (χ0) is 15.4. The molecule has 0 saturated carbocycles. The SMILES string of the molecule is CCC(CC(=O)c1ccccc1)c1ccc2ccccc2c1. The summed E-state index contributed by atoms with van der Waals surface area (Å²) in [6.07, 6.45) is 1.54. The van der Waals surface area contributed by atoms with Crippen LogP contribution in [0, 0.1) is 0 Å². The van der Waals surface area contributed by atoms with Gasteiger partial charge in [-0.1, -0.05) is 79.7 Å². The minimum atomic E-state index is 0.223. The largest absolute Gasteiger partial charge is 0.294 e. The van der Waals surface area contributed by atoms with Crippen LogP contribution in [-0.4, -0.2) is 5.78 Å². The quantitative estimate of drug-likeness (QED) is 0.558. The van der Waals surface area contributed by atoms with E-state index in [4.69, 9.17) is 0 Å². The Labute approximate surface area is 131 Å². The Morgan fingerprint density at radius 3 is 2.27 bits per heavy atom. The highest BCUT2D eigenvalue weighted by Crippen LogP contribution is 2.28. The second-order valence-corrected chi connectivity index (χ2v) is 5.71. The van der Waals surface area contributed by atoms with Gasteiger partial charge in [-0.25, -0.2) is 0 Å². The molecule has 0 aliphatic carbocycles. The molecule has 0 radical (unpaired) electrons. The van der Waals surface area contributed by atoms with Gasteiger partial charge in [0.05, 0.1) is 0 Å². The Kier molecular flexibility index (Phi) is 4.34. The van der Waals surface area contributed by atoms with Crippen LogP contribution in [0.3, 0.4) is 0 Å². The average Bonchev–Trinajstić information content (AvgIpc) is 2.59. The van der Waals surface area contributed by atoms with E-state index in [1.807, 2.05) is 30.3 Å². The van der Waals surface area contributed by atoms with Crippen molar-refractivity contribution in [3.63, 3.8) is 0 Å². The van der Waals surface area contributed by atoms with Gasteiger partial charge in [-0.3, -0.25) is 4.79 Å². The van der Waals surface area contributed by atoms with Gasteiger partial charge in [-0.2, -0.15) is 0 Å². The maximum absolute atomic E-state index is 12.5.